The number of alkyl halides is 1. The summed E-state index contributed by atoms with van der Waals surface area (Å²) in [6.07, 6.45) is 0. The monoisotopic (exact) mass is 386 g/mol. The Kier molecular flexibility index (Phi) is 4.99. The summed E-state index contributed by atoms with van der Waals surface area (Å²) in [6, 6.07) is 10.8. The lowest BCUT2D eigenvalue weighted by Gasteiger charge is -2.13. The van der Waals surface area contributed by atoms with Gasteiger partial charge in [0.15, 0.2) is 0 Å². The summed E-state index contributed by atoms with van der Waals surface area (Å²) >= 11 is 6.77. The molecule has 0 unspecified atom stereocenters. The number of rotatable bonds is 4. The lowest BCUT2D eigenvalue weighted by Crippen LogP contribution is -2.02. The number of benzene rings is 2. The van der Waals surface area contributed by atoms with Crippen LogP contribution in [0.15, 0.2) is 40.9 Å². The van der Waals surface area contributed by atoms with E-state index in [1.807, 2.05) is 25.1 Å². The Morgan fingerprint density at radius 3 is 2.68 bits per heavy atom. The van der Waals surface area contributed by atoms with Crippen molar-refractivity contribution in [1.29, 1.82) is 0 Å². The van der Waals surface area contributed by atoms with E-state index < -0.39 is 0 Å². The molecule has 0 aliphatic rings. The number of hydrogen-bond acceptors (Lipinski definition) is 1. The molecule has 0 N–H and O–H groups in total. The number of ether oxygens (including phenoxy) is 1. The fraction of sp³-hybridized carbons (Fsp3) is 0.200. The molecule has 0 aliphatic carbocycles. The van der Waals surface area contributed by atoms with Gasteiger partial charge in [0, 0.05) is 20.9 Å². The molecule has 0 fully saturated rings. The van der Waals surface area contributed by atoms with Crippen LogP contribution in [0.2, 0.25) is 0 Å². The molecule has 1 nitrogen and oxygen atoms in total. The molecular weight excluding hydrogens is 375 g/mol. The summed E-state index contributed by atoms with van der Waals surface area (Å²) in [6.45, 7) is 2.20. The first-order valence-corrected chi connectivity index (χ1v) is 7.74. The summed E-state index contributed by atoms with van der Waals surface area (Å²) in [5.74, 6) is 0.566. The average molecular weight is 388 g/mol. The highest BCUT2D eigenvalue weighted by atomic mass is 79.9. The minimum atomic E-state index is -0.253. The largest absolute Gasteiger partial charge is 0.488 e. The second-order valence-electron chi connectivity index (χ2n) is 4.22. The van der Waals surface area contributed by atoms with Crippen molar-refractivity contribution < 1.29 is 9.13 Å². The molecule has 0 atom stereocenters. The molecular formula is C15H13Br2FO. The minimum Gasteiger partial charge on any atom is -0.488 e. The Balaban J connectivity index is 2.21. The highest BCUT2D eigenvalue weighted by Gasteiger charge is 2.08. The van der Waals surface area contributed by atoms with Gasteiger partial charge in [-0.25, -0.2) is 4.39 Å². The van der Waals surface area contributed by atoms with Gasteiger partial charge in [-0.1, -0.05) is 50.1 Å². The van der Waals surface area contributed by atoms with Crippen LogP contribution in [0, 0.1) is 12.7 Å². The number of aryl methyl sites for hydroxylation is 1. The Bertz CT molecular complexity index is 584. The van der Waals surface area contributed by atoms with E-state index in [4.69, 9.17) is 4.74 Å². The van der Waals surface area contributed by atoms with Crippen molar-refractivity contribution in [2.75, 3.05) is 0 Å². The number of para-hydroxylation sites is 1. The van der Waals surface area contributed by atoms with Crippen LogP contribution in [-0.2, 0) is 11.9 Å². The van der Waals surface area contributed by atoms with E-state index >= 15 is 0 Å². The van der Waals surface area contributed by atoms with Crippen LogP contribution < -0.4 is 4.74 Å². The van der Waals surface area contributed by atoms with Gasteiger partial charge in [-0.3, -0.25) is 0 Å². The van der Waals surface area contributed by atoms with Crippen molar-refractivity contribution in [3.63, 3.8) is 0 Å². The lowest BCUT2D eigenvalue weighted by molar-refractivity contribution is 0.295. The first-order chi connectivity index (χ1) is 9.11. The second-order valence-corrected chi connectivity index (χ2v) is 5.70. The highest BCUT2D eigenvalue weighted by Crippen LogP contribution is 2.27. The zero-order valence-corrected chi connectivity index (χ0v) is 13.6. The number of hydrogen-bond donors (Lipinski definition) is 0. The molecule has 0 saturated heterocycles. The maximum Gasteiger partial charge on any atom is 0.129 e. The quantitative estimate of drug-likeness (QED) is 0.640. The van der Waals surface area contributed by atoms with Crippen LogP contribution in [0.1, 0.15) is 16.7 Å². The van der Waals surface area contributed by atoms with E-state index in [0.717, 1.165) is 21.3 Å². The summed E-state index contributed by atoms with van der Waals surface area (Å²) in [7, 11) is 0. The lowest BCUT2D eigenvalue weighted by atomic mass is 10.1. The Hall–Kier alpha value is -0.870. The molecule has 0 amide bonds. The highest BCUT2D eigenvalue weighted by molar-refractivity contribution is 9.10. The van der Waals surface area contributed by atoms with Gasteiger partial charge >= 0.3 is 0 Å². The third-order valence-electron chi connectivity index (χ3n) is 2.82. The van der Waals surface area contributed by atoms with Gasteiger partial charge < -0.3 is 4.74 Å². The van der Waals surface area contributed by atoms with Gasteiger partial charge in [0.25, 0.3) is 0 Å². The molecule has 0 saturated carbocycles. The molecule has 4 heteroatoms. The predicted molar refractivity (Wildman–Crippen MR) is 82.2 cm³/mol. The maximum absolute atomic E-state index is 13.6. The smallest absolute Gasteiger partial charge is 0.129 e. The molecule has 19 heavy (non-hydrogen) atoms. The summed E-state index contributed by atoms with van der Waals surface area (Å²) in [4.78, 5) is 0. The number of halogens is 3. The van der Waals surface area contributed by atoms with Gasteiger partial charge in [-0.05, 0) is 30.7 Å². The maximum atomic E-state index is 13.6. The van der Waals surface area contributed by atoms with Crippen LogP contribution >= 0.6 is 31.9 Å². The van der Waals surface area contributed by atoms with E-state index in [2.05, 4.69) is 31.9 Å². The molecule has 0 bridgehead atoms. The van der Waals surface area contributed by atoms with Gasteiger partial charge in [0.05, 0.1) is 0 Å². The Morgan fingerprint density at radius 2 is 1.95 bits per heavy atom. The van der Waals surface area contributed by atoms with Crippen molar-refractivity contribution >= 4 is 31.9 Å². The SMILES string of the molecule is Cc1cccc(CBr)c1OCc1cc(Br)ccc1F. The van der Waals surface area contributed by atoms with Gasteiger partial charge in [0.1, 0.15) is 18.2 Å². The second kappa shape index (κ2) is 6.53. The third-order valence-corrected chi connectivity index (χ3v) is 3.91. The topological polar surface area (TPSA) is 9.23 Å². The fourth-order valence-electron chi connectivity index (χ4n) is 1.83. The first-order valence-electron chi connectivity index (χ1n) is 5.83. The summed E-state index contributed by atoms with van der Waals surface area (Å²) < 4.78 is 20.3. The van der Waals surface area contributed by atoms with E-state index in [-0.39, 0.29) is 12.4 Å². The molecule has 100 valence electrons. The van der Waals surface area contributed by atoms with E-state index in [0.29, 0.717) is 10.9 Å². The zero-order valence-electron chi connectivity index (χ0n) is 10.4. The van der Waals surface area contributed by atoms with Crippen LogP contribution in [0.5, 0.6) is 5.75 Å². The molecule has 0 aliphatic heterocycles. The van der Waals surface area contributed by atoms with Crippen LogP contribution in [0.4, 0.5) is 4.39 Å². The molecule has 2 aromatic rings. The first kappa shape index (κ1) is 14.5. The van der Waals surface area contributed by atoms with Crippen molar-refractivity contribution in [2.45, 2.75) is 18.9 Å². The third kappa shape index (κ3) is 3.57. The Morgan fingerprint density at radius 1 is 1.16 bits per heavy atom. The molecule has 0 aromatic heterocycles. The summed E-state index contributed by atoms with van der Waals surface area (Å²) in [5, 5.41) is 0.713. The van der Waals surface area contributed by atoms with Crippen LogP contribution in [0.25, 0.3) is 0 Å². The van der Waals surface area contributed by atoms with Gasteiger partial charge in [0.2, 0.25) is 0 Å². The standard InChI is InChI=1S/C15H13Br2FO/c1-10-3-2-4-11(8-16)15(10)19-9-12-7-13(17)5-6-14(12)18/h2-7H,8-9H2,1H3. The van der Waals surface area contributed by atoms with Crippen molar-refractivity contribution in [3.8, 4) is 5.75 Å². The van der Waals surface area contributed by atoms with Crippen LogP contribution in [0.3, 0.4) is 0 Å². The van der Waals surface area contributed by atoms with Crippen LogP contribution in [-0.4, -0.2) is 0 Å². The van der Waals surface area contributed by atoms with Crippen molar-refractivity contribution in [1.82, 2.24) is 0 Å². The van der Waals surface area contributed by atoms with Gasteiger partial charge in [-0.15, -0.1) is 0 Å². The van der Waals surface area contributed by atoms with Gasteiger partial charge in [-0.2, -0.15) is 0 Å². The predicted octanol–water partition coefficient (Wildman–Crippen LogP) is 5.37. The average Bonchev–Trinajstić information content (AvgIpc) is 2.40. The van der Waals surface area contributed by atoms with Crippen molar-refractivity contribution in [2.24, 2.45) is 0 Å². The van der Waals surface area contributed by atoms with Crippen molar-refractivity contribution in [3.05, 3.63) is 63.4 Å². The molecule has 2 aromatic carbocycles. The van der Waals surface area contributed by atoms with E-state index in [1.165, 1.54) is 6.07 Å². The Labute approximate surface area is 129 Å². The fourth-order valence-corrected chi connectivity index (χ4v) is 2.68. The minimum absolute atomic E-state index is 0.218. The van der Waals surface area contributed by atoms with E-state index in [9.17, 15) is 4.39 Å². The summed E-state index contributed by atoms with van der Waals surface area (Å²) in [5.41, 5.74) is 2.65. The molecule has 0 heterocycles. The molecule has 0 radical (unpaired) electrons. The molecule has 2 rings (SSSR count). The normalized spacial score (nSPS) is 10.5. The zero-order chi connectivity index (χ0) is 13.8. The van der Waals surface area contributed by atoms with E-state index in [1.54, 1.807) is 12.1 Å². The molecule has 0 spiro atoms.